The number of rotatable bonds is 10. The van der Waals surface area contributed by atoms with Crippen LogP contribution in [0, 0.1) is 11.8 Å². The monoisotopic (exact) mass is 282 g/mol. The fourth-order valence-electron chi connectivity index (χ4n) is 1.89. The third-order valence-corrected chi connectivity index (χ3v) is 3.26. The van der Waals surface area contributed by atoms with E-state index >= 15 is 0 Å². The van der Waals surface area contributed by atoms with E-state index in [1.165, 1.54) is 0 Å². The van der Waals surface area contributed by atoms with Crippen LogP contribution in [-0.2, 0) is 9.59 Å². The normalized spacial score (nSPS) is 13.3. The molecule has 0 aromatic rings. The molecule has 1 atom stereocenters. The molecule has 0 aliphatic heterocycles. The molecule has 4 heteroatoms. The zero-order valence-electron chi connectivity index (χ0n) is 12.7. The van der Waals surface area contributed by atoms with Crippen molar-refractivity contribution in [2.45, 2.75) is 52.9 Å². The number of aliphatic carboxylic acids is 2. The molecule has 0 radical (unpaired) electrons. The third-order valence-electron chi connectivity index (χ3n) is 3.26. The van der Waals surface area contributed by atoms with E-state index in [0.717, 1.165) is 19.3 Å². The SMILES string of the molecule is C=C(C(=O)O)C(C=C(CCC(C)C)C(=O)O)CCCC. The van der Waals surface area contributed by atoms with Crippen LogP contribution in [-0.4, -0.2) is 22.2 Å². The van der Waals surface area contributed by atoms with Gasteiger partial charge in [0.25, 0.3) is 0 Å². The Morgan fingerprint density at radius 2 is 1.75 bits per heavy atom. The van der Waals surface area contributed by atoms with Crippen LogP contribution in [0.2, 0.25) is 0 Å². The topological polar surface area (TPSA) is 74.6 Å². The van der Waals surface area contributed by atoms with Crippen molar-refractivity contribution >= 4 is 11.9 Å². The maximum Gasteiger partial charge on any atom is 0.331 e. The average Bonchev–Trinajstić information content (AvgIpc) is 2.36. The third kappa shape index (κ3) is 7.12. The van der Waals surface area contributed by atoms with E-state index in [1.54, 1.807) is 6.08 Å². The van der Waals surface area contributed by atoms with E-state index in [0.29, 0.717) is 24.3 Å². The summed E-state index contributed by atoms with van der Waals surface area (Å²) in [5, 5.41) is 18.3. The Hall–Kier alpha value is -1.58. The Balaban J connectivity index is 5.08. The van der Waals surface area contributed by atoms with Gasteiger partial charge in [0.05, 0.1) is 0 Å². The van der Waals surface area contributed by atoms with Crippen LogP contribution >= 0.6 is 0 Å². The maximum atomic E-state index is 11.3. The van der Waals surface area contributed by atoms with Crippen molar-refractivity contribution in [2.24, 2.45) is 11.8 Å². The molecular formula is C16H26O4. The summed E-state index contributed by atoms with van der Waals surface area (Å²) in [7, 11) is 0. The first-order chi connectivity index (χ1) is 9.29. The van der Waals surface area contributed by atoms with Crippen LogP contribution in [0.15, 0.2) is 23.8 Å². The highest BCUT2D eigenvalue weighted by atomic mass is 16.4. The number of hydrogen-bond donors (Lipinski definition) is 2. The van der Waals surface area contributed by atoms with Gasteiger partial charge in [-0.25, -0.2) is 9.59 Å². The fraction of sp³-hybridized carbons (Fsp3) is 0.625. The minimum Gasteiger partial charge on any atom is -0.478 e. The van der Waals surface area contributed by atoms with Crippen molar-refractivity contribution in [3.05, 3.63) is 23.8 Å². The minimum absolute atomic E-state index is 0.0711. The van der Waals surface area contributed by atoms with Gasteiger partial charge < -0.3 is 10.2 Å². The maximum absolute atomic E-state index is 11.3. The molecule has 0 bridgehead atoms. The van der Waals surface area contributed by atoms with Crippen molar-refractivity contribution < 1.29 is 19.8 Å². The molecule has 20 heavy (non-hydrogen) atoms. The van der Waals surface area contributed by atoms with Crippen LogP contribution in [0.25, 0.3) is 0 Å². The quantitative estimate of drug-likeness (QED) is 0.596. The van der Waals surface area contributed by atoms with Gasteiger partial charge in [-0.2, -0.15) is 0 Å². The molecule has 0 aromatic carbocycles. The van der Waals surface area contributed by atoms with Gasteiger partial charge in [0.2, 0.25) is 0 Å². The number of hydrogen-bond acceptors (Lipinski definition) is 2. The Morgan fingerprint density at radius 1 is 1.15 bits per heavy atom. The van der Waals surface area contributed by atoms with Crippen molar-refractivity contribution in [1.29, 1.82) is 0 Å². The first kappa shape index (κ1) is 18.4. The smallest absolute Gasteiger partial charge is 0.331 e. The summed E-state index contributed by atoms with van der Waals surface area (Å²) in [6.45, 7) is 9.66. The van der Waals surface area contributed by atoms with Gasteiger partial charge in [-0.15, -0.1) is 0 Å². The van der Waals surface area contributed by atoms with Crippen molar-refractivity contribution in [3.8, 4) is 0 Å². The van der Waals surface area contributed by atoms with Crippen molar-refractivity contribution in [1.82, 2.24) is 0 Å². The van der Waals surface area contributed by atoms with Gasteiger partial charge in [0.1, 0.15) is 0 Å². The van der Waals surface area contributed by atoms with Gasteiger partial charge in [-0.1, -0.05) is 46.3 Å². The zero-order chi connectivity index (χ0) is 15.7. The standard InChI is InChI=1S/C16H26O4/c1-5-6-7-13(12(4)15(17)18)10-14(16(19)20)9-8-11(2)3/h10-11,13H,4-9H2,1-3H3,(H,17,18)(H,19,20). The van der Waals surface area contributed by atoms with Crippen LogP contribution < -0.4 is 0 Å². The van der Waals surface area contributed by atoms with E-state index in [4.69, 9.17) is 5.11 Å². The Morgan fingerprint density at radius 3 is 2.15 bits per heavy atom. The summed E-state index contributed by atoms with van der Waals surface area (Å²) in [5.41, 5.74) is 0.365. The second-order valence-corrected chi connectivity index (χ2v) is 5.51. The van der Waals surface area contributed by atoms with E-state index in [2.05, 4.69) is 6.58 Å². The van der Waals surface area contributed by atoms with E-state index in [-0.39, 0.29) is 5.57 Å². The molecule has 0 saturated carbocycles. The second kappa shape index (κ2) is 9.34. The predicted molar refractivity (Wildman–Crippen MR) is 79.6 cm³/mol. The number of carboxylic acid groups (broad SMARTS) is 2. The largest absolute Gasteiger partial charge is 0.478 e. The summed E-state index contributed by atoms with van der Waals surface area (Å²) in [5.74, 6) is -2.01. The molecule has 0 aromatic heterocycles. The molecule has 0 aliphatic rings. The lowest BCUT2D eigenvalue weighted by molar-refractivity contribution is -0.134. The number of carboxylic acids is 2. The van der Waals surface area contributed by atoms with Gasteiger partial charge in [-0.3, -0.25) is 0 Å². The molecule has 114 valence electrons. The molecule has 0 saturated heterocycles. The lowest BCUT2D eigenvalue weighted by Crippen LogP contribution is -2.13. The summed E-state index contributed by atoms with van der Waals surface area (Å²) in [6, 6.07) is 0. The van der Waals surface area contributed by atoms with Crippen LogP contribution in [0.1, 0.15) is 52.9 Å². The highest BCUT2D eigenvalue weighted by Crippen LogP contribution is 2.23. The Kier molecular flexibility index (Phi) is 8.61. The molecule has 2 N–H and O–H groups in total. The molecule has 1 unspecified atom stereocenters. The predicted octanol–water partition coefficient (Wildman–Crippen LogP) is 3.88. The van der Waals surface area contributed by atoms with E-state index in [1.807, 2.05) is 20.8 Å². The summed E-state index contributed by atoms with van der Waals surface area (Å²) < 4.78 is 0. The average molecular weight is 282 g/mol. The Labute approximate surface area is 121 Å². The van der Waals surface area contributed by atoms with Crippen molar-refractivity contribution in [3.63, 3.8) is 0 Å². The van der Waals surface area contributed by atoms with Gasteiger partial charge in [0, 0.05) is 17.1 Å². The molecule has 0 spiro atoms. The fourth-order valence-corrected chi connectivity index (χ4v) is 1.89. The summed E-state index contributed by atoms with van der Waals surface area (Å²) in [6.07, 6.45) is 5.23. The van der Waals surface area contributed by atoms with Crippen LogP contribution in [0.3, 0.4) is 0 Å². The summed E-state index contributed by atoms with van der Waals surface area (Å²) >= 11 is 0. The Bertz CT molecular complexity index is 380. The zero-order valence-corrected chi connectivity index (χ0v) is 12.7. The van der Waals surface area contributed by atoms with Gasteiger partial charge in [0.15, 0.2) is 0 Å². The molecule has 4 nitrogen and oxygen atoms in total. The molecule has 0 amide bonds. The van der Waals surface area contributed by atoms with Gasteiger partial charge in [-0.05, 0) is 25.2 Å². The lowest BCUT2D eigenvalue weighted by atomic mass is 9.90. The molecule has 0 aliphatic carbocycles. The van der Waals surface area contributed by atoms with E-state index < -0.39 is 17.9 Å². The number of carbonyl (C=O) groups is 2. The van der Waals surface area contributed by atoms with Crippen molar-refractivity contribution in [2.75, 3.05) is 0 Å². The highest BCUT2D eigenvalue weighted by molar-refractivity contribution is 5.89. The van der Waals surface area contributed by atoms with Crippen LogP contribution in [0.5, 0.6) is 0 Å². The first-order valence-electron chi connectivity index (χ1n) is 7.15. The first-order valence-corrected chi connectivity index (χ1v) is 7.15. The molecule has 0 rings (SSSR count). The molecular weight excluding hydrogens is 256 g/mol. The number of allylic oxidation sites excluding steroid dienone is 1. The second-order valence-electron chi connectivity index (χ2n) is 5.51. The number of unbranched alkanes of at least 4 members (excludes halogenated alkanes) is 1. The lowest BCUT2D eigenvalue weighted by Gasteiger charge is -2.14. The molecule has 0 heterocycles. The minimum atomic E-state index is -1.06. The van der Waals surface area contributed by atoms with E-state index in [9.17, 15) is 14.7 Å². The summed E-state index contributed by atoms with van der Waals surface area (Å²) in [4.78, 5) is 22.3. The van der Waals surface area contributed by atoms with Gasteiger partial charge >= 0.3 is 11.9 Å². The molecule has 0 fully saturated rings. The highest BCUT2D eigenvalue weighted by Gasteiger charge is 2.19. The van der Waals surface area contributed by atoms with Crippen LogP contribution in [0.4, 0.5) is 0 Å².